The smallest absolute Gasteiger partial charge is 0.276 e. The third kappa shape index (κ3) is 3.02. The number of anilines is 2. The number of hydrogen-bond donors (Lipinski definition) is 2. The molecule has 20 heavy (non-hydrogen) atoms. The summed E-state index contributed by atoms with van der Waals surface area (Å²) in [5.41, 5.74) is 6.45. The van der Waals surface area contributed by atoms with Crippen molar-refractivity contribution < 1.29 is 4.92 Å². The van der Waals surface area contributed by atoms with Crippen LogP contribution in [0.5, 0.6) is 0 Å². The van der Waals surface area contributed by atoms with Crippen LogP contribution < -0.4 is 11.1 Å². The molecule has 3 N–H and O–H groups in total. The average Bonchev–Trinajstić information content (AvgIpc) is 2.67. The molecule has 1 unspecified atom stereocenters. The predicted molar refractivity (Wildman–Crippen MR) is 78.9 cm³/mol. The van der Waals surface area contributed by atoms with E-state index < -0.39 is 4.92 Å². The summed E-state index contributed by atoms with van der Waals surface area (Å²) in [4.78, 5) is 19.8. The van der Waals surface area contributed by atoms with E-state index in [1.165, 1.54) is 12.1 Å². The topological polar surface area (TPSA) is 107 Å². The van der Waals surface area contributed by atoms with Crippen LogP contribution in [-0.4, -0.2) is 14.9 Å². The van der Waals surface area contributed by atoms with Gasteiger partial charge in [-0.2, -0.15) is 0 Å². The molecule has 0 aliphatic carbocycles. The highest BCUT2D eigenvalue weighted by atomic mass is 32.1. The second-order valence-electron chi connectivity index (χ2n) is 4.44. The monoisotopic (exact) mass is 293 g/mol. The first-order valence-corrected chi connectivity index (χ1v) is 6.81. The Morgan fingerprint density at radius 2 is 2.10 bits per heavy atom. The standard InChI is InChI=1S/C12H15N5O2S/c1-6-12(20-8(3)14-6)7(2)15-11-5-9(17(18)19)4-10(13)16-11/h4-5,7H,1-3H3,(H3,13,15,16). The Morgan fingerprint density at radius 1 is 1.40 bits per heavy atom. The SMILES string of the molecule is Cc1nc(C)c(C(C)Nc2cc([N+](=O)[O-])cc(N)n2)s1. The molecule has 2 aromatic rings. The first kappa shape index (κ1) is 14.2. The summed E-state index contributed by atoms with van der Waals surface area (Å²) in [7, 11) is 0. The Balaban J connectivity index is 2.25. The zero-order valence-electron chi connectivity index (χ0n) is 11.4. The van der Waals surface area contributed by atoms with Gasteiger partial charge < -0.3 is 11.1 Å². The van der Waals surface area contributed by atoms with Crippen molar-refractivity contribution in [3.8, 4) is 0 Å². The summed E-state index contributed by atoms with van der Waals surface area (Å²) in [6, 6.07) is 2.56. The van der Waals surface area contributed by atoms with Gasteiger partial charge in [0.15, 0.2) is 0 Å². The lowest BCUT2D eigenvalue weighted by Gasteiger charge is -2.13. The van der Waals surface area contributed by atoms with Gasteiger partial charge >= 0.3 is 0 Å². The van der Waals surface area contributed by atoms with Crippen molar-refractivity contribution in [2.75, 3.05) is 11.1 Å². The van der Waals surface area contributed by atoms with E-state index in [2.05, 4.69) is 15.3 Å². The van der Waals surface area contributed by atoms with Crippen molar-refractivity contribution in [3.63, 3.8) is 0 Å². The fourth-order valence-corrected chi connectivity index (χ4v) is 2.88. The van der Waals surface area contributed by atoms with Gasteiger partial charge in [-0.15, -0.1) is 11.3 Å². The molecule has 0 aliphatic rings. The number of pyridine rings is 1. The summed E-state index contributed by atoms with van der Waals surface area (Å²) in [5.74, 6) is 0.501. The first-order chi connectivity index (χ1) is 9.36. The lowest BCUT2D eigenvalue weighted by Crippen LogP contribution is -2.09. The maximum absolute atomic E-state index is 10.8. The Kier molecular flexibility index (Phi) is 3.84. The zero-order valence-corrected chi connectivity index (χ0v) is 12.2. The summed E-state index contributed by atoms with van der Waals surface area (Å²) in [6.45, 7) is 5.83. The fourth-order valence-electron chi connectivity index (χ4n) is 1.95. The van der Waals surface area contributed by atoms with E-state index in [-0.39, 0.29) is 17.5 Å². The Hall–Kier alpha value is -2.22. The number of nitrogens with two attached hydrogens (primary N) is 1. The molecule has 106 valence electrons. The number of hydrogen-bond acceptors (Lipinski definition) is 7. The van der Waals surface area contributed by atoms with Crippen LogP contribution in [0.15, 0.2) is 12.1 Å². The average molecular weight is 293 g/mol. The largest absolute Gasteiger partial charge is 0.383 e. The summed E-state index contributed by atoms with van der Waals surface area (Å²) < 4.78 is 0. The summed E-state index contributed by atoms with van der Waals surface area (Å²) in [5, 5.41) is 14.9. The van der Waals surface area contributed by atoms with Gasteiger partial charge in [0, 0.05) is 4.88 Å². The number of nitrogen functional groups attached to an aromatic ring is 1. The number of thiazole rings is 1. The highest BCUT2D eigenvalue weighted by Gasteiger charge is 2.15. The lowest BCUT2D eigenvalue weighted by molar-refractivity contribution is -0.384. The maximum atomic E-state index is 10.8. The number of nitro groups is 1. The third-order valence-electron chi connectivity index (χ3n) is 2.74. The molecule has 2 heterocycles. The molecule has 1 atom stereocenters. The van der Waals surface area contributed by atoms with Gasteiger partial charge in [-0.25, -0.2) is 9.97 Å². The summed E-state index contributed by atoms with van der Waals surface area (Å²) >= 11 is 1.59. The van der Waals surface area contributed by atoms with Crippen LogP contribution >= 0.6 is 11.3 Å². The van der Waals surface area contributed by atoms with Gasteiger partial charge in [0.1, 0.15) is 11.6 Å². The number of nitrogens with one attached hydrogen (secondary N) is 1. The highest BCUT2D eigenvalue weighted by molar-refractivity contribution is 7.11. The van der Waals surface area contributed by atoms with Crippen LogP contribution in [0, 0.1) is 24.0 Å². The molecule has 0 spiro atoms. The minimum absolute atomic E-state index is 0.0462. The molecule has 0 amide bonds. The molecule has 0 aliphatic heterocycles. The van der Waals surface area contributed by atoms with E-state index in [4.69, 9.17) is 5.73 Å². The molecule has 0 saturated carbocycles. The van der Waals surface area contributed by atoms with Crippen molar-refractivity contribution in [2.24, 2.45) is 0 Å². The molecule has 2 rings (SSSR count). The normalized spacial score (nSPS) is 12.2. The van der Waals surface area contributed by atoms with Crippen molar-refractivity contribution in [1.82, 2.24) is 9.97 Å². The van der Waals surface area contributed by atoms with Crippen LogP contribution in [0.3, 0.4) is 0 Å². The van der Waals surface area contributed by atoms with Gasteiger partial charge in [-0.3, -0.25) is 10.1 Å². The number of rotatable bonds is 4. The Labute approximate surface area is 120 Å². The van der Waals surface area contributed by atoms with E-state index in [1.807, 2.05) is 20.8 Å². The van der Waals surface area contributed by atoms with Crippen LogP contribution in [0.25, 0.3) is 0 Å². The molecular formula is C12H15N5O2S. The Bertz CT molecular complexity index is 655. The van der Waals surface area contributed by atoms with Gasteiger partial charge in [0.2, 0.25) is 0 Å². The number of aromatic nitrogens is 2. The lowest BCUT2D eigenvalue weighted by atomic mass is 10.2. The van der Waals surface area contributed by atoms with Crippen molar-refractivity contribution in [2.45, 2.75) is 26.8 Å². The van der Waals surface area contributed by atoms with Crippen molar-refractivity contribution >= 4 is 28.7 Å². The van der Waals surface area contributed by atoms with E-state index >= 15 is 0 Å². The van der Waals surface area contributed by atoms with E-state index in [0.29, 0.717) is 5.82 Å². The van der Waals surface area contributed by atoms with E-state index in [1.54, 1.807) is 11.3 Å². The molecule has 8 heteroatoms. The number of aryl methyl sites for hydroxylation is 2. The van der Waals surface area contributed by atoms with E-state index in [9.17, 15) is 10.1 Å². The molecule has 2 aromatic heterocycles. The zero-order chi connectivity index (χ0) is 14.9. The minimum atomic E-state index is -0.490. The second-order valence-corrected chi connectivity index (χ2v) is 5.68. The third-order valence-corrected chi connectivity index (χ3v) is 3.99. The van der Waals surface area contributed by atoms with Gasteiger partial charge in [-0.05, 0) is 20.8 Å². The highest BCUT2D eigenvalue weighted by Crippen LogP contribution is 2.28. The van der Waals surface area contributed by atoms with E-state index in [0.717, 1.165) is 15.6 Å². The Morgan fingerprint density at radius 3 is 2.65 bits per heavy atom. The van der Waals surface area contributed by atoms with Gasteiger partial charge in [0.25, 0.3) is 5.69 Å². The number of nitrogens with zero attached hydrogens (tertiary/aromatic N) is 3. The van der Waals surface area contributed by atoms with Crippen molar-refractivity contribution in [3.05, 3.63) is 37.8 Å². The first-order valence-electron chi connectivity index (χ1n) is 5.99. The van der Waals surface area contributed by atoms with Crippen molar-refractivity contribution in [1.29, 1.82) is 0 Å². The van der Waals surface area contributed by atoms with Crippen LogP contribution in [0.4, 0.5) is 17.3 Å². The van der Waals surface area contributed by atoms with Crippen LogP contribution in [0.2, 0.25) is 0 Å². The molecule has 7 nitrogen and oxygen atoms in total. The summed E-state index contributed by atoms with van der Waals surface area (Å²) in [6.07, 6.45) is 0. The molecule has 0 bridgehead atoms. The maximum Gasteiger partial charge on any atom is 0.276 e. The molecule has 0 aromatic carbocycles. The molecule has 0 saturated heterocycles. The molecule has 0 fully saturated rings. The second kappa shape index (κ2) is 5.41. The quantitative estimate of drug-likeness (QED) is 0.663. The van der Waals surface area contributed by atoms with Gasteiger partial charge in [0.05, 0.1) is 33.8 Å². The predicted octanol–water partition coefficient (Wildman–Crippen LogP) is 2.82. The minimum Gasteiger partial charge on any atom is -0.383 e. The molecule has 0 radical (unpaired) electrons. The van der Waals surface area contributed by atoms with Crippen LogP contribution in [-0.2, 0) is 0 Å². The fraction of sp³-hybridized carbons (Fsp3) is 0.333. The molecular weight excluding hydrogens is 278 g/mol. The van der Waals surface area contributed by atoms with Gasteiger partial charge in [-0.1, -0.05) is 0 Å². The van der Waals surface area contributed by atoms with Crippen LogP contribution in [0.1, 0.15) is 28.5 Å².